The van der Waals surface area contributed by atoms with Crippen LogP contribution in [-0.2, 0) is 21.1 Å². The monoisotopic (exact) mass is 360 g/mol. The molecule has 1 N–H and O–H groups in total. The van der Waals surface area contributed by atoms with Crippen LogP contribution in [0.4, 0.5) is 0 Å². The van der Waals surface area contributed by atoms with Crippen LogP contribution in [-0.4, -0.2) is 11.7 Å². The number of aliphatic hydroxyl groups excluding tert-OH is 1. The van der Waals surface area contributed by atoms with E-state index >= 15 is 0 Å². The van der Waals surface area contributed by atoms with Crippen molar-refractivity contribution in [2.45, 2.75) is 13.0 Å². The van der Waals surface area contributed by atoms with Gasteiger partial charge in [0.1, 0.15) is 0 Å². The van der Waals surface area contributed by atoms with Gasteiger partial charge >= 0.3 is 0 Å². The molecule has 0 spiro atoms. The molecule has 0 saturated carbocycles. The molecular formula is C11H14NOW-. The Bertz CT molecular complexity index is 274. The van der Waals surface area contributed by atoms with E-state index in [1.807, 2.05) is 37.3 Å². The average molecular weight is 360 g/mol. The number of likely N-dealkylation sites (N-methyl/N-ethyl adjacent to an activating group) is 1. The van der Waals surface area contributed by atoms with Gasteiger partial charge in [0.2, 0.25) is 0 Å². The summed E-state index contributed by atoms with van der Waals surface area (Å²) < 4.78 is 0. The largest absolute Gasteiger partial charge is 0.650 e. The van der Waals surface area contributed by atoms with E-state index in [-0.39, 0.29) is 32.9 Å². The van der Waals surface area contributed by atoms with Gasteiger partial charge < -0.3 is 10.4 Å². The Labute approximate surface area is 99.3 Å². The van der Waals surface area contributed by atoms with Crippen molar-refractivity contribution in [1.82, 2.24) is 0 Å². The minimum atomic E-state index is -0.272. The van der Waals surface area contributed by atoms with Crippen molar-refractivity contribution < 1.29 is 26.2 Å². The fraction of sp³-hybridized carbons (Fsp3) is 0.273. The molecule has 0 aliphatic heterocycles. The molecule has 0 bridgehead atoms. The fourth-order valence-electron chi connectivity index (χ4n) is 1.22. The summed E-state index contributed by atoms with van der Waals surface area (Å²) in [6.07, 6.45) is 0. The third kappa shape index (κ3) is 3.65. The van der Waals surface area contributed by atoms with Crippen molar-refractivity contribution in [2.75, 3.05) is 6.54 Å². The minimum Gasteiger partial charge on any atom is -0.650 e. The van der Waals surface area contributed by atoms with E-state index in [0.717, 1.165) is 5.56 Å². The molecule has 0 aromatic heterocycles. The number of aliphatic hydroxyl groups is 1. The molecule has 1 unspecified atom stereocenters. The Morgan fingerprint density at radius 2 is 2.00 bits per heavy atom. The molecule has 76 valence electrons. The second kappa shape index (κ2) is 6.80. The van der Waals surface area contributed by atoms with Crippen LogP contribution in [0, 0.1) is 0 Å². The second-order valence-corrected chi connectivity index (χ2v) is 2.80. The normalized spacial score (nSPS) is 11.5. The van der Waals surface area contributed by atoms with E-state index < -0.39 is 0 Å². The molecule has 0 fully saturated rings. The molecule has 2 nitrogen and oxygen atoms in total. The summed E-state index contributed by atoms with van der Waals surface area (Å²) in [6.45, 7) is 6.14. The van der Waals surface area contributed by atoms with E-state index in [0.29, 0.717) is 6.54 Å². The zero-order valence-electron chi connectivity index (χ0n) is 8.18. The van der Waals surface area contributed by atoms with Gasteiger partial charge in [0.25, 0.3) is 0 Å². The SMILES string of the molecule is C=C(O)C([N-]CC)c1ccccc1.[W]. The van der Waals surface area contributed by atoms with Gasteiger partial charge in [0, 0.05) is 21.1 Å². The van der Waals surface area contributed by atoms with Gasteiger partial charge in [0.05, 0.1) is 5.76 Å². The van der Waals surface area contributed by atoms with Crippen LogP contribution in [0.1, 0.15) is 18.5 Å². The molecule has 1 aromatic carbocycles. The minimum absolute atomic E-state index is 0. The van der Waals surface area contributed by atoms with Gasteiger partial charge in [-0.2, -0.15) is 6.54 Å². The summed E-state index contributed by atoms with van der Waals surface area (Å²) >= 11 is 0. The number of rotatable bonds is 4. The maximum absolute atomic E-state index is 9.31. The molecule has 1 rings (SSSR count). The fourth-order valence-corrected chi connectivity index (χ4v) is 1.22. The van der Waals surface area contributed by atoms with Gasteiger partial charge in [-0.25, -0.2) is 0 Å². The second-order valence-electron chi connectivity index (χ2n) is 2.80. The first-order valence-corrected chi connectivity index (χ1v) is 4.35. The third-order valence-corrected chi connectivity index (χ3v) is 1.80. The van der Waals surface area contributed by atoms with Crippen molar-refractivity contribution in [3.05, 3.63) is 53.6 Å². The predicted octanol–water partition coefficient (Wildman–Crippen LogP) is 3.19. The zero-order valence-corrected chi connectivity index (χ0v) is 11.1. The summed E-state index contributed by atoms with van der Waals surface area (Å²) in [5.41, 5.74) is 0.983. The molecule has 0 amide bonds. The zero-order chi connectivity index (χ0) is 9.68. The number of nitrogens with zero attached hydrogens (tertiary/aromatic N) is 1. The summed E-state index contributed by atoms with van der Waals surface area (Å²) in [6, 6.07) is 9.39. The summed E-state index contributed by atoms with van der Waals surface area (Å²) in [5.74, 6) is 0.105. The number of benzene rings is 1. The summed E-state index contributed by atoms with van der Waals surface area (Å²) in [4.78, 5) is 0. The Morgan fingerprint density at radius 3 is 2.43 bits per heavy atom. The standard InChI is InChI=1S/C11H14NO.W/c1-3-12-11(9(2)13)10-7-5-4-6-8-10;/h4-8,11,13H,2-3H2,1H3;/q-1;. The molecule has 1 atom stereocenters. The summed E-state index contributed by atoms with van der Waals surface area (Å²) in [7, 11) is 0. The maximum atomic E-state index is 9.31. The van der Waals surface area contributed by atoms with Crippen molar-refractivity contribution in [1.29, 1.82) is 0 Å². The third-order valence-electron chi connectivity index (χ3n) is 1.80. The van der Waals surface area contributed by atoms with Gasteiger partial charge in [-0.3, -0.25) is 0 Å². The smallest absolute Gasteiger partial charge is 0.0719 e. The van der Waals surface area contributed by atoms with Crippen molar-refractivity contribution in [2.24, 2.45) is 0 Å². The Morgan fingerprint density at radius 1 is 1.43 bits per heavy atom. The van der Waals surface area contributed by atoms with Crippen LogP contribution in [0.25, 0.3) is 5.32 Å². The molecule has 1 aromatic rings. The van der Waals surface area contributed by atoms with Crippen LogP contribution in [0.2, 0.25) is 0 Å². The molecule has 0 aliphatic rings. The molecule has 3 heteroatoms. The van der Waals surface area contributed by atoms with E-state index in [1.54, 1.807) is 0 Å². The molecule has 0 radical (unpaired) electrons. The average Bonchev–Trinajstić information content (AvgIpc) is 2.15. The molecular weight excluding hydrogens is 346 g/mol. The van der Waals surface area contributed by atoms with Gasteiger partial charge in [-0.05, 0) is 0 Å². The maximum Gasteiger partial charge on any atom is 0.0719 e. The van der Waals surface area contributed by atoms with E-state index in [2.05, 4.69) is 11.9 Å². The quantitative estimate of drug-likeness (QED) is 0.823. The van der Waals surface area contributed by atoms with Crippen LogP contribution in [0.15, 0.2) is 42.7 Å². The van der Waals surface area contributed by atoms with Crippen LogP contribution >= 0.6 is 0 Å². The molecule has 14 heavy (non-hydrogen) atoms. The van der Waals surface area contributed by atoms with Crippen molar-refractivity contribution in [3.63, 3.8) is 0 Å². The molecule has 0 saturated heterocycles. The Hall–Kier alpha value is -0.592. The molecule has 0 aliphatic carbocycles. The predicted molar refractivity (Wildman–Crippen MR) is 54.9 cm³/mol. The van der Waals surface area contributed by atoms with Crippen LogP contribution < -0.4 is 0 Å². The van der Waals surface area contributed by atoms with E-state index in [4.69, 9.17) is 0 Å². The van der Waals surface area contributed by atoms with Crippen molar-refractivity contribution >= 4 is 0 Å². The molecule has 0 heterocycles. The van der Waals surface area contributed by atoms with Gasteiger partial charge in [-0.15, -0.1) is 0 Å². The topological polar surface area (TPSA) is 34.3 Å². The number of hydrogen-bond acceptors (Lipinski definition) is 1. The first kappa shape index (κ1) is 13.4. The van der Waals surface area contributed by atoms with E-state index in [1.165, 1.54) is 0 Å². The van der Waals surface area contributed by atoms with Gasteiger partial charge in [-0.1, -0.05) is 55.4 Å². The van der Waals surface area contributed by atoms with Gasteiger partial charge in [0.15, 0.2) is 0 Å². The van der Waals surface area contributed by atoms with E-state index in [9.17, 15) is 5.11 Å². The van der Waals surface area contributed by atoms with Crippen molar-refractivity contribution in [3.8, 4) is 0 Å². The summed E-state index contributed by atoms with van der Waals surface area (Å²) in [5, 5.41) is 13.6. The Balaban J connectivity index is 0.00000169. The number of hydrogen-bond donors (Lipinski definition) is 1. The first-order valence-electron chi connectivity index (χ1n) is 4.35. The Kier molecular flexibility index (Phi) is 6.51. The van der Waals surface area contributed by atoms with Crippen LogP contribution in [0.3, 0.4) is 0 Å². The van der Waals surface area contributed by atoms with Crippen LogP contribution in [0.5, 0.6) is 0 Å². The first-order chi connectivity index (χ1) is 6.25.